The zero-order chi connectivity index (χ0) is 21.3. The number of rotatable bonds is 1. The standard InChI is InChI=1S/C21H27ClN2O5S/c1-30(26,27)23-18-3-2-10-24-19(18)12-28-16-7-4-14(5-8-16)17-11-15(22)6-9-20(17)29-13-21(24)25/h6,9,11,14,16,19H,2-5,7-8,10,12-13H2,1H3/b23-18+/t14?,16?,19-/m0/s1. The molecule has 1 saturated carbocycles. The number of halogens is 1. The summed E-state index contributed by atoms with van der Waals surface area (Å²) in [6.07, 6.45) is 6.07. The first-order valence-corrected chi connectivity index (χ1v) is 12.6. The van der Waals surface area contributed by atoms with Gasteiger partial charge in [-0.2, -0.15) is 4.40 Å². The Morgan fingerprint density at radius 3 is 2.70 bits per heavy atom. The first-order chi connectivity index (χ1) is 14.3. The number of benzene rings is 1. The van der Waals surface area contributed by atoms with Crippen molar-refractivity contribution in [2.24, 2.45) is 4.40 Å². The molecule has 0 aromatic heterocycles. The van der Waals surface area contributed by atoms with Crippen molar-refractivity contribution in [2.75, 3.05) is 26.0 Å². The summed E-state index contributed by atoms with van der Waals surface area (Å²) in [4.78, 5) is 14.7. The minimum atomic E-state index is -3.55. The van der Waals surface area contributed by atoms with Gasteiger partial charge < -0.3 is 14.4 Å². The number of carbonyl (C=O) groups excluding carboxylic acids is 1. The van der Waals surface area contributed by atoms with Crippen LogP contribution in [-0.2, 0) is 19.6 Å². The van der Waals surface area contributed by atoms with Crippen LogP contribution in [0, 0.1) is 0 Å². The molecule has 2 fully saturated rings. The number of sulfonamides is 1. The Kier molecular flexibility index (Phi) is 6.36. The predicted octanol–water partition coefficient (Wildman–Crippen LogP) is 3.17. The highest BCUT2D eigenvalue weighted by molar-refractivity contribution is 7.89. The molecule has 1 saturated heterocycles. The molecule has 0 N–H and O–H groups in total. The highest BCUT2D eigenvalue weighted by Gasteiger charge is 2.35. The van der Waals surface area contributed by atoms with Crippen LogP contribution in [-0.4, -0.2) is 63.1 Å². The van der Waals surface area contributed by atoms with Gasteiger partial charge in [-0.1, -0.05) is 11.6 Å². The smallest absolute Gasteiger partial charge is 0.261 e. The molecule has 0 spiro atoms. The number of ether oxygens (including phenoxy) is 2. The van der Waals surface area contributed by atoms with Crippen LogP contribution in [0.25, 0.3) is 0 Å². The highest BCUT2D eigenvalue weighted by atomic mass is 35.5. The van der Waals surface area contributed by atoms with Crippen LogP contribution in [0.4, 0.5) is 0 Å². The zero-order valence-electron chi connectivity index (χ0n) is 17.0. The number of nitrogens with zero attached hydrogens (tertiary/aromatic N) is 2. The van der Waals surface area contributed by atoms with Crippen LogP contribution in [0.1, 0.15) is 50.0 Å². The van der Waals surface area contributed by atoms with Crippen molar-refractivity contribution < 1.29 is 22.7 Å². The van der Waals surface area contributed by atoms with Gasteiger partial charge in [0.1, 0.15) is 5.75 Å². The monoisotopic (exact) mass is 454 g/mol. The highest BCUT2D eigenvalue weighted by Crippen LogP contribution is 2.40. The second-order valence-electron chi connectivity index (χ2n) is 8.30. The van der Waals surface area contributed by atoms with Gasteiger partial charge in [-0.15, -0.1) is 0 Å². The summed E-state index contributed by atoms with van der Waals surface area (Å²) >= 11 is 6.23. The Labute approximate surface area is 182 Å². The maximum Gasteiger partial charge on any atom is 0.261 e. The van der Waals surface area contributed by atoms with E-state index >= 15 is 0 Å². The summed E-state index contributed by atoms with van der Waals surface area (Å²) in [5, 5.41) is 0.657. The largest absolute Gasteiger partial charge is 0.483 e. The molecular formula is C21H27ClN2O5S. The van der Waals surface area contributed by atoms with Gasteiger partial charge in [-0.05, 0) is 68.2 Å². The second kappa shape index (κ2) is 8.85. The Balaban J connectivity index is 1.66. The molecule has 4 aliphatic rings. The maximum absolute atomic E-state index is 13.0. The van der Waals surface area contributed by atoms with E-state index < -0.39 is 16.1 Å². The molecule has 0 radical (unpaired) electrons. The quantitative estimate of drug-likeness (QED) is 0.650. The Morgan fingerprint density at radius 1 is 1.20 bits per heavy atom. The zero-order valence-corrected chi connectivity index (χ0v) is 18.6. The Bertz CT molecular complexity index is 941. The first kappa shape index (κ1) is 21.6. The number of fused-ring (bicyclic) bond motifs is 5. The summed E-state index contributed by atoms with van der Waals surface area (Å²) in [6.45, 7) is 0.668. The SMILES string of the molecule is CS(=O)(=O)/N=C1\CCCN2C(=O)COc3ccc(Cl)cc3C3CCC(CC3)OC[C@@H]12. The molecule has 30 heavy (non-hydrogen) atoms. The Hall–Kier alpha value is -1.64. The average Bonchev–Trinajstić information content (AvgIpc) is 2.71. The normalized spacial score (nSPS) is 29.3. The van der Waals surface area contributed by atoms with Crippen LogP contribution in [0.5, 0.6) is 5.75 Å². The van der Waals surface area contributed by atoms with Crippen LogP contribution < -0.4 is 4.74 Å². The first-order valence-electron chi connectivity index (χ1n) is 10.4. The van der Waals surface area contributed by atoms with Gasteiger partial charge in [0.05, 0.1) is 30.7 Å². The van der Waals surface area contributed by atoms with Crippen LogP contribution in [0.3, 0.4) is 0 Å². The second-order valence-corrected chi connectivity index (χ2v) is 10.4. The molecule has 5 rings (SSSR count). The van der Waals surface area contributed by atoms with E-state index in [2.05, 4.69) is 4.40 Å². The molecule has 0 unspecified atom stereocenters. The van der Waals surface area contributed by atoms with E-state index in [0.717, 1.165) is 37.5 Å². The summed E-state index contributed by atoms with van der Waals surface area (Å²) in [5.41, 5.74) is 1.54. The van der Waals surface area contributed by atoms with Gasteiger partial charge >= 0.3 is 0 Å². The minimum absolute atomic E-state index is 0.0870. The topological polar surface area (TPSA) is 85.3 Å². The lowest BCUT2D eigenvalue weighted by atomic mass is 9.82. The van der Waals surface area contributed by atoms with E-state index in [0.29, 0.717) is 41.8 Å². The molecule has 1 aromatic carbocycles. The molecule has 1 aromatic rings. The van der Waals surface area contributed by atoms with Crippen LogP contribution in [0.15, 0.2) is 22.6 Å². The van der Waals surface area contributed by atoms with Crippen molar-refractivity contribution >= 4 is 33.2 Å². The number of hydrogen-bond donors (Lipinski definition) is 0. The van der Waals surface area contributed by atoms with E-state index in [1.54, 1.807) is 11.0 Å². The Morgan fingerprint density at radius 2 is 1.97 bits per heavy atom. The molecule has 3 aliphatic heterocycles. The molecule has 1 amide bonds. The fraction of sp³-hybridized carbons (Fsp3) is 0.619. The van der Waals surface area contributed by atoms with Crippen molar-refractivity contribution in [1.82, 2.24) is 4.90 Å². The molecule has 2 bridgehead atoms. The molecular weight excluding hydrogens is 428 g/mol. The van der Waals surface area contributed by atoms with Gasteiger partial charge in [0.25, 0.3) is 5.91 Å². The number of carbonyl (C=O) groups is 1. The third-order valence-electron chi connectivity index (χ3n) is 6.12. The van der Waals surface area contributed by atoms with Gasteiger partial charge in [-0.25, -0.2) is 8.42 Å². The van der Waals surface area contributed by atoms with E-state index in [9.17, 15) is 13.2 Å². The molecule has 9 heteroatoms. The van der Waals surface area contributed by atoms with E-state index in [1.165, 1.54) is 0 Å². The van der Waals surface area contributed by atoms with Crippen LogP contribution >= 0.6 is 11.6 Å². The minimum Gasteiger partial charge on any atom is -0.483 e. The summed E-state index contributed by atoms with van der Waals surface area (Å²) in [5.74, 6) is 0.811. The van der Waals surface area contributed by atoms with E-state index in [-0.39, 0.29) is 25.2 Å². The van der Waals surface area contributed by atoms with Crippen molar-refractivity contribution in [1.29, 1.82) is 0 Å². The van der Waals surface area contributed by atoms with Gasteiger partial charge in [0.15, 0.2) is 6.61 Å². The lowest BCUT2D eigenvalue weighted by molar-refractivity contribution is -0.136. The van der Waals surface area contributed by atoms with Crippen molar-refractivity contribution in [3.8, 4) is 5.75 Å². The van der Waals surface area contributed by atoms with Gasteiger partial charge in [0, 0.05) is 11.6 Å². The number of amides is 1. The van der Waals surface area contributed by atoms with Crippen molar-refractivity contribution in [3.05, 3.63) is 28.8 Å². The number of hydrogen-bond acceptors (Lipinski definition) is 5. The third-order valence-corrected chi connectivity index (χ3v) is 6.92. The van der Waals surface area contributed by atoms with Gasteiger partial charge in [0.2, 0.25) is 10.0 Å². The fourth-order valence-corrected chi connectivity index (χ4v) is 5.52. The molecule has 1 atom stereocenters. The van der Waals surface area contributed by atoms with E-state index in [4.69, 9.17) is 21.1 Å². The number of piperidine rings is 1. The predicted molar refractivity (Wildman–Crippen MR) is 115 cm³/mol. The molecule has 3 heterocycles. The molecule has 7 nitrogen and oxygen atoms in total. The van der Waals surface area contributed by atoms with E-state index in [1.807, 2.05) is 12.1 Å². The lowest BCUT2D eigenvalue weighted by Gasteiger charge is -2.37. The van der Waals surface area contributed by atoms with Crippen molar-refractivity contribution in [3.63, 3.8) is 0 Å². The lowest BCUT2D eigenvalue weighted by Crippen LogP contribution is -2.53. The summed E-state index contributed by atoms with van der Waals surface area (Å²) < 4.78 is 39.7. The van der Waals surface area contributed by atoms with Crippen LogP contribution in [0.2, 0.25) is 5.02 Å². The third kappa shape index (κ3) is 4.98. The summed E-state index contributed by atoms with van der Waals surface area (Å²) in [6, 6.07) is 5.07. The summed E-state index contributed by atoms with van der Waals surface area (Å²) in [7, 11) is -3.55. The maximum atomic E-state index is 13.0. The van der Waals surface area contributed by atoms with Gasteiger partial charge in [-0.3, -0.25) is 4.79 Å². The molecule has 1 aliphatic carbocycles. The fourth-order valence-electron chi connectivity index (χ4n) is 4.70. The van der Waals surface area contributed by atoms with Crippen molar-refractivity contribution in [2.45, 2.75) is 56.6 Å². The average molecular weight is 455 g/mol. The molecule has 164 valence electrons.